The molecule has 1 fully saturated rings. The van der Waals surface area contributed by atoms with E-state index < -0.39 is 0 Å². The molecule has 2 rings (SSSR count). The molecule has 0 aromatic heterocycles. The van der Waals surface area contributed by atoms with Crippen molar-refractivity contribution in [2.45, 2.75) is 50.7 Å². The Hall–Kier alpha value is -0.930. The largest absolute Gasteiger partial charge is 0.378 e. The summed E-state index contributed by atoms with van der Waals surface area (Å²) in [7, 11) is 1.80. The third-order valence-corrected chi connectivity index (χ3v) is 4.23. The molecule has 1 aromatic rings. The Balaban J connectivity index is 2.02. The van der Waals surface area contributed by atoms with Gasteiger partial charge >= 0.3 is 0 Å². The van der Waals surface area contributed by atoms with Crippen molar-refractivity contribution in [3.05, 3.63) is 35.6 Å². The van der Waals surface area contributed by atoms with Gasteiger partial charge in [-0.25, -0.2) is 4.39 Å². The number of hydrogen-bond acceptors (Lipinski definition) is 2. The van der Waals surface area contributed by atoms with E-state index in [9.17, 15) is 4.39 Å². The Morgan fingerprint density at radius 2 is 2.11 bits per heavy atom. The van der Waals surface area contributed by atoms with E-state index in [1.165, 1.54) is 12.5 Å². The number of rotatable bonds is 7. The van der Waals surface area contributed by atoms with Gasteiger partial charge in [-0.1, -0.05) is 25.1 Å². The third kappa shape index (κ3) is 3.54. The first kappa shape index (κ1) is 14.5. The van der Waals surface area contributed by atoms with E-state index in [-0.39, 0.29) is 17.5 Å². The maximum absolute atomic E-state index is 13.7. The number of halogens is 1. The SMILES string of the molecule is CCNC(Cc1ccccc1F)CC1(OC)CCC1. The van der Waals surface area contributed by atoms with Crippen LogP contribution in [0.4, 0.5) is 4.39 Å². The quantitative estimate of drug-likeness (QED) is 0.816. The standard InChI is InChI=1S/C16H24FNO/c1-3-18-14(12-16(19-2)9-6-10-16)11-13-7-4-5-8-15(13)17/h4-5,7-8,14,18H,3,6,9-12H2,1-2H3. The van der Waals surface area contributed by atoms with E-state index in [0.29, 0.717) is 0 Å². The van der Waals surface area contributed by atoms with Gasteiger partial charge in [-0.3, -0.25) is 0 Å². The van der Waals surface area contributed by atoms with Gasteiger partial charge in [0, 0.05) is 13.2 Å². The van der Waals surface area contributed by atoms with Crippen molar-refractivity contribution in [2.24, 2.45) is 0 Å². The number of methoxy groups -OCH3 is 1. The minimum Gasteiger partial charge on any atom is -0.378 e. The van der Waals surface area contributed by atoms with Crippen LogP contribution in [-0.2, 0) is 11.2 Å². The van der Waals surface area contributed by atoms with Crippen molar-refractivity contribution in [3.63, 3.8) is 0 Å². The van der Waals surface area contributed by atoms with E-state index in [1.807, 2.05) is 12.1 Å². The highest BCUT2D eigenvalue weighted by Crippen LogP contribution is 2.39. The Morgan fingerprint density at radius 3 is 2.63 bits per heavy atom. The second kappa shape index (κ2) is 6.49. The zero-order valence-corrected chi connectivity index (χ0v) is 11.9. The molecule has 1 unspecified atom stereocenters. The van der Waals surface area contributed by atoms with Gasteiger partial charge in [0.05, 0.1) is 5.60 Å². The highest BCUT2D eigenvalue weighted by atomic mass is 19.1. The predicted octanol–water partition coefficient (Wildman–Crippen LogP) is 3.31. The summed E-state index contributed by atoms with van der Waals surface area (Å²) in [6.07, 6.45) is 5.19. The van der Waals surface area contributed by atoms with Crippen molar-refractivity contribution in [2.75, 3.05) is 13.7 Å². The lowest BCUT2D eigenvalue weighted by Gasteiger charge is -2.43. The zero-order valence-electron chi connectivity index (χ0n) is 11.9. The average Bonchev–Trinajstić information content (AvgIpc) is 2.36. The van der Waals surface area contributed by atoms with Gasteiger partial charge in [0.25, 0.3) is 0 Å². The molecule has 1 aliphatic rings. The number of likely N-dealkylation sites (N-methyl/N-ethyl adjacent to an activating group) is 1. The highest BCUT2D eigenvalue weighted by Gasteiger charge is 2.38. The molecule has 106 valence electrons. The maximum atomic E-state index is 13.7. The second-order valence-corrected chi connectivity index (χ2v) is 5.49. The molecule has 3 heteroatoms. The van der Waals surface area contributed by atoms with Crippen LogP contribution in [-0.4, -0.2) is 25.3 Å². The topological polar surface area (TPSA) is 21.3 Å². The molecule has 1 atom stereocenters. The summed E-state index contributed by atoms with van der Waals surface area (Å²) in [4.78, 5) is 0. The molecular formula is C16H24FNO. The normalized spacial score (nSPS) is 18.9. The van der Waals surface area contributed by atoms with Crippen molar-refractivity contribution in [1.82, 2.24) is 5.32 Å². The Bertz CT molecular complexity index is 398. The summed E-state index contributed by atoms with van der Waals surface area (Å²) < 4.78 is 19.4. The molecule has 1 saturated carbocycles. The van der Waals surface area contributed by atoms with E-state index >= 15 is 0 Å². The summed E-state index contributed by atoms with van der Waals surface area (Å²) in [6, 6.07) is 7.33. The molecule has 0 heterocycles. The van der Waals surface area contributed by atoms with Gasteiger partial charge in [-0.2, -0.15) is 0 Å². The molecule has 19 heavy (non-hydrogen) atoms. The van der Waals surface area contributed by atoms with Gasteiger partial charge < -0.3 is 10.1 Å². The van der Waals surface area contributed by atoms with Crippen LogP contribution in [0.25, 0.3) is 0 Å². The van der Waals surface area contributed by atoms with Crippen LogP contribution in [0.5, 0.6) is 0 Å². The zero-order chi connectivity index (χ0) is 13.7. The number of ether oxygens (including phenoxy) is 1. The first-order valence-corrected chi connectivity index (χ1v) is 7.21. The van der Waals surface area contributed by atoms with Crippen LogP contribution in [0.3, 0.4) is 0 Å². The van der Waals surface area contributed by atoms with Crippen molar-refractivity contribution in [1.29, 1.82) is 0 Å². The second-order valence-electron chi connectivity index (χ2n) is 5.49. The van der Waals surface area contributed by atoms with E-state index in [1.54, 1.807) is 13.2 Å². The van der Waals surface area contributed by atoms with Gasteiger partial charge in [0.2, 0.25) is 0 Å². The molecular weight excluding hydrogens is 241 g/mol. The lowest BCUT2D eigenvalue weighted by Crippen LogP contribution is -2.46. The minimum absolute atomic E-state index is 0.0259. The van der Waals surface area contributed by atoms with Crippen molar-refractivity contribution >= 4 is 0 Å². The van der Waals surface area contributed by atoms with Crippen LogP contribution < -0.4 is 5.32 Å². The van der Waals surface area contributed by atoms with E-state index in [4.69, 9.17) is 4.74 Å². The monoisotopic (exact) mass is 265 g/mol. The molecule has 1 aromatic carbocycles. The maximum Gasteiger partial charge on any atom is 0.126 e. The van der Waals surface area contributed by atoms with Crippen LogP contribution in [0.1, 0.15) is 38.2 Å². The fraction of sp³-hybridized carbons (Fsp3) is 0.625. The number of hydrogen-bond donors (Lipinski definition) is 1. The summed E-state index contributed by atoms with van der Waals surface area (Å²) in [5.74, 6) is -0.106. The van der Waals surface area contributed by atoms with E-state index in [2.05, 4.69) is 12.2 Å². The first-order valence-electron chi connectivity index (χ1n) is 7.21. The number of benzene rings is 1. The number of nitrogens with one attached hydrogen (secondary N) is 1. The Labute approximate surface area is 115 Å². The van der Waals surface area contributed by atoms with Crippen molar-refractivity contribution < 1.29 is 9.13 Å². The lowest BCUT2D eigenvalue weighted by molar-refractivity contribution is -0.0833. The minimum atomic E-state index is -0.106. The molecule has 2 nitrogen and oxygen atoms in total. The fourth-order valence-corrected chi connectivity index (χ4v) is 2.95. The fourth-order valence-electron chi connectivity index (χ4n) is 2.95. The van der Waals surface area contributed by atoms with Gasteiger partial charge in [0.15, 0.2) is 0 Å². The van der Waals surface area contributed by atoms with Gasteiger partial charge in [-0.15, -0.1) is 0 Å². The van der Waals surface area contributed by atoms with Crippen LogP contribution in [0, 0.1) is 5.82 Å². The molecule has 0 bridgehead atoms. The van der Waals surface area contributed by atoms with Gasteiger partial charge in [-0.05, 0) is 50.3 Å². The first-order chi connectivity index (χ1) is 9.19. The smallest absolute Gasteiger partial charge is 0.126 e. The third-order valence-electron chi connectivity index (χ3n) is 4.23. The van der Waals surface area contributed by atoms with Crippen LogP contribution >= 0.6 is 0 Å². The molecule has 0 amide bonds. The molecule has 0 radical (unpaired) electrons. The average molecular weight is 265 g/mol. The molecule has 0 aliphatic heterocycles. The Morgan fingerprint density at radius 1 is 1.37 bits per heavy atom. The molecule has 1 N–H and O–H groups in total. The lowest BCUT2D eigenvalue weighted by atomic mass is 9.75. The van der Waals surface area contributed by atoms with Crippen LogP contribution in [0.15, 0.2) is 24.3 Å². The highest BCUT2D eigenvalue weighted by molar-refractivity contribution is 5.18. The summed E-state index contributed by atoms with van der Waals surface area (Å²) in [5.41, 5.74) is 0.817. The van der Waals surface area contributed by atoms with Crippen LogP contribution in [0.2, 0.25) is 0 Å². The Kier molecular flexibility index (Phi) is 4.94. The summed E-state index contributed by atoms with van der Waals surface area (Å²) in [6.45, 7) is 2.99. The summed E-state index contributed by atoms with van der Waals surface area (Å²) >= 11 is 0. The predicted molar refractivity (Wildman–Crippen MR) is 75.8 cm³/mol. The molecule has 0 spiro atoms. The molecule has 0 saturated heterocycles. The summed E-state index contributed by atoms with van der Waals surface area (Å²) in [5, 5.41) is 3.47. The van der Waals surface area contributed by atoms with Gasteiger partial charge in [0.1, 0.15) is 5.82 Å². The molecule has 1 aliphatic carbocycles. The van der Waals surface area contributed by atoms with E-state index in [0.717, 1.165) is 37.8 Å². The van der Waals surface area contributed by atoms with Crippen molar-refractivity contribution in [3.8, 4) is 0 Å².